The average molecular weight is 574 g/mol. The summed E-state index contributed by atoms with van der Waals surface area (Å²) in [5, 5.41) is 14.5. The quantitative estimate of drug-likeness (QED) is 0.311. The van der Waals surface area contributed by atoms with Crippen LogP contribution in [0.3, 0.4) is 0 Å². The molecule has 2 aromatic carbocycles. The van der Waals surface area contributed by atoms with E-state index in [4.69, 9.17) is 9.72 Å². The number of carbonyl (C=O) groups excluding carboxylic acids is 1. The Morgan fingerprint density at radius 1 is 1.13 bits per heavy atom. The van der Waals surface area contributed by atoms with Crippen LogP contribution >= 0.6 is 15.9 Å². The van der Waals surface area contributed by atoms with E-state index in [1.165, 1.54) is 0 Å². The first-order valence-corrected chi connectivity index (χ1v) is 13.4. The Labute approximate surface area is 229 Å². The maximum atomic E-state index is 13.2. The van der Waals surface area contributed by atoms with Gasteiger partial charge in [0.15, 0.2) is 11.6 Å². The van der Waals surface area contributed by atoms with Crippen molar-refractivity contribution >= 4 is 27.5 Å². The number of nitrogens with one attached hydrogen (secondary N) is 3. The minimum absolute atomic E-state index is 0.143. The third-order valence-corrected chi connectivity index (χ3v) is 7.78. The number of carbonyl (C=O) groups is 1. The molecule has 0 bridgehead atoms. The zero-order chi connectivity index (χ0) is 26.1. The Hall–Kier alpha value is -3.76. The van der Waals surface area contributed by atoms with Gasteiger partial charge in [0, 0.05) is 52.3 Å². The van der Waals surface area contributed by atoms with Gasteiger partial charge in [-0.15, -0.1) is 0 Å². The van der Waals surface area contributed by atoms with Crippen LogP contribution in [0, 0.1) is 0 Å². The minimum Gasteiger partial charge on any atom is -0.491 e. The number of likely N-dealkylation sites (tertiary alicyclic amines) is 1. The van der Waals surface area contributed by atoms with Gasteiger partial charge in [-0.05, 0) is 62.4 Å². The standard InChI is InChI=1S/C28H28BrN7O2/c1-36-13-9-28(10-14-36,27-32-25(34-35-27)18-7-11-30-12-8-18)33-21-4-2-3-19(15-21)26(37)31-23-17-38-24-16-20(29)5-6-22(23)24/h2-8,11-12,15-16,23,33H,9-10,13-14,17H2,1H3,(H,31,37)(H,32,34,35). The van der Waals surface area contributed by atoms with Gasteiger partial charge < -0.3 is 20.3 Å². The highest BCUT2D eigenvalue weighted by molar-refractivity contribution is 9.10. The van der Waals surface area contributed by atoms with Gasteiger partial charge in [-0.3, -0.25) is 14.9 Å². The second-order valence-electron chi connectivity index (χ2n) is 9.85. The first-order valence-electron chi connectivity index (χ1n) is 12.6. The third kappa shape index (κ3) is 4.89. The number of piperidine rings is 1. The minimum atomic E-state index is -0.439. The Morgan fingerprint density at radius 3 is 2.76 bits per heavy atom. The van der Waals surface area contributed by atoms with Crippen molar-refractivity contribution in [2.45, 2.75) is 24.4 Å². The lowest BCUT2D eigenvalue weighted by atomic mass is 9.86. The number of hydrogen-bond donors (Lipinski definition) is 3. The van der Waals surface area contributed by atoms with E-state index >= 15 is 0 Å². The van der Waals surface area contributed by atoms with Crippen molar-refractivity contribution in [3.05, 3.63) is 88.4 Å². The largest absolute Gasteiger partial charge is 0.491 e. The predicted molar refractivity (Wildman–Crippen MR) is 148 cm³/mol. The lowest BCUT2D eigenvalue weighted by Gasteiger charge is -2.40. The number of H-pyrrole nitrogens is 1. The maximum Gasteiger partial charge on any atom is 0.251 e. The first-order chi connectivity index (χ1) is 18.5. The molecule has 3 N–H and O–H groups in total. The highest BCUT2D eigenvalue weighted by Gasteiger charge is 2.39. The molecule has 2 aliphatic heterocycles. The number of ether oxygens (including phenoxy) is 1. The molecule has 1 atom stereocenters. The lowest BCUT2D eigenvalue weighted by Crippen LogP contribution is -2.46. The topological polar surface area (TPSA) is 108 Å². The molecule has 0 aliphatic carbocycles. The molecule has 38 heavy (non-hydrogen) atoms. The molecule has 1 fully saturated rings. The van der Waals surface area contributed by atoms with Gasteiger partial charge in [-0.2, -0.15) is 5.10 Å². The van der Waals surface area contributed by atoms with Crippen LogP contribution in [-0.4, -0.2) is 57.7 Å². The van der Waals surface area contributed by atoms with Crippen molar-refractivity contribution in [2.24, 2.45) is 0 Å². The third-order valence-electron chi connectivity index (χ3n) is 7.29. The van der Waals surface area contributed by atoms with Gasteiger partial charge in [0.05, 0.1) is 11.6 Å². The zero-order valence-corrected chi connectivity index (χ0v) is 22.5. The number of fused-ring (bicyclic) bond motifs is 1. The monoisotopic (exact) mass is 573 g/mol. The molecule has 1 unspecified atom stereocenters. The van der Waals surface area contributed by atoms with Crippen molar-refractivity contribution in [1.82, 2.24) is 30.4 Å². The number of rotatable bonds is 6. The molecule has 2 aromatic heterocycles. The van der Waals surface area contributed by atoms with E-state index in [9.17, 15) is 4.79 Å². The second-order valence-corrected chi connectivity index (χ2v) is 10.8. The summed E-state index contributed by atoms with van der Waals surface area (Å²) in [5.41, 5.74) is 2.89. The van der Waals surface area contributed by atoms with Gasteiger partial charge in [-0.1, -0.05) is 28.1 Å². The van der Waals surface area contributed by atoms with Crippen molar-refractivity contribution in [3.8, 4) is 17.1 Å². The van der Waals surface area contributed by atoms with Crippen LogP contribution in [0.15, 0.2) is 71.5 Å². The molecule has 1 amide bonds. The van der Waals surface area contributed by atoms with Gasteiger partial charge in [-0.25, -0.2) is 4.98 Å². The summed E-state index contributed by atoms with van der Waals surface area (Å²) in [5.74, 6) is 2.08. The number of amides is 1. The molecule has 1 saturated heterocycles. The van der Waals surface area contributed by atoms with E-state index in [1.807, 2.05) is 54.6 Å². The molecule has 4 heterocycles. The average Bonchev–Trinajstić information content (AvgIpc) is 3.59. The van der Waals surface area contributed by atoms with E-state index in [0.29, 0.717) is 18.0 Å². The summed E-state index contributed by atoms with van der Waals surface area (Å²) in [7, 11) is 2.13. The summed E-state index contributed by atoms with van der Waals surface area (Å²) in [4.78, 5) is 24.5. The summed E-state index contributed by atoms with van der Waals surface area (Å²) in [6, 6.07) is 17.1. The maximum absolute atomic E-state index is 13.2. The fraction of sp³-hybridized carbons (Fsp3) is 0.286. The molecule has 9 nitrogen and oxygen atoms in total. The summed E-state index contributed by atoms with van der Waals surface area (Å²) in [6.45, 7) is 2.24. The van der Waals surface area contributed by atoms with Crippen molar-refractivity contribution in [3.63, 3.8) is 0 Å². The Kier molecular flexibility index (Phi) is 6.59. The van der Waals surface area contributed by atoms with Crippen molar-refractivity contribution in [2.75, 3.05) is 32.1 Å². The van der Waals surface area contributed by atoms with Gasteiger partial charge in [0.1, 0.15) is 12.4 Å². The van der Waals surface area contributed by atoms with Crippen molar-refractivity contribution in [1.29, 1.82) is 0 Å². The number of halogens is 1. The molecule has 0 saturated carbocycles. The van der Waals surface area contributed by atoms with E-state index in [0.717, 1.165) is 58.8 Å². The Bertz CT molecular complexity index is 1450. The Morgan fingerprint density at radius 2 is 1.95 bits per heavy atom. The Balaban J connectivity index is 1.23. The molecule has 6 rings (SSSR count). The van der Waals surface area contributed by atoms with Crippen LogP contribution in [0.5, 0.6) is 5.75 Å². The predicted octanol–water partition coefficient (Wildman–Crippen LogP) is 4.53. The number of nitrogens with zero attached hydrogens (tertiary/aromatic N) is 4. The molecular formula is C28H28BrN7O2. The van der Waals surface area contributed by atoms with E-state index < -0.39 is 5.54 Å². The molecule has 0 radical (unpaired) electrons. The number of aromatic amines is 1. The van der Waals surface area contributed by atoms with Gasteiger partial charge >= 0.3 is 0 Å². The van der Waals surface area contributed by atoms with Crippen LogP contribution < -0.4 is 15.4 Å². The van der Waals surface area contributed by atoms with Crippen LogP contribution in [0.1, 0.15) is 40.6 Å². The molecular weight excluding hydrogens is 546 g/mol. The van der Waals surface area contributed by atoms with Crippen LogP contribution in [0.4, 0.5) is 5.69 Å². The first kappa shape index (κ1) is 24.6. The second kappa shape index (κ2) is 10.2. The zero-order valence-electron chi connectivity index (χ0n) is 20.9. The molecule has 194 valence electrons. The number of benzene rings is 2. The van der Waals surface area contributed by atoms with Crippen LogP contribution in [0.25, 0.3) is 11.4 Å². The summed E-state index contributed by atoms with van der Waals surface area (Å²) in [6.07, 6.45) is 5.16. The van der Waals surface area contributed by atoms with Crippen LogP contribution in [-0.2, 0) is 5.54 Å². The number of hydrogen-bond acceptors (Lipinski definition) is 7. The smallest absolute Gasteiger partial charge is 0.251 e. The van der Waals surface area contributed by atoms with E-state index in [1.54, 1.807) is 12.4 Å². The fourth-order valence-electron chi connectivity index (χ4n) is 5.09. The fourth-order valence-corrected chi connectivity index (χ4v) is 5.43. The van der Waals surface area contributed by atoms with E-state index in [-0.39, 0.29) is 11.9 Å². The van der Waals surface area contributed by atoms with Gasteiger partial charge in [0.2, 0.25) is 0 Å². The van der Waals surface area contributed by atoms with E-state index in [2.05, 4.69) is 53.7 Å². The molecule has 2 aliphatic rings. The number of aromatic nitrogens is 4. The van der Waals surface area contributed by atoms with Gasteiger partial charge in [0.25, 0.3) is 5.91 Å². The van der Waals surface area contributed by atoms with Crippen LogP contribution in [0.2, 0.25) is 0 Å². The molecule has 10 heteroatoms. The number of pyridine rings is 1. The SMILES string of the molecule is CN1CCC(Nc2cccc(C(=O)NC3COc4cc(Br)ccc43)c2)(c2nc(-c3ccncc3)n[nH]2)CC1. The highest BCUT2D eigenvalue weighted by Crippen LogP contribution is 2.36. The summed E-state index contributed by atoms with van der Waals surface area (Å²) < 4.78 is 6.73. The normalized spacial score (nSPS) is 18.4. The highest BCUT2D eigenvalue weighted by atomic mass is 79.9. The molecule has 0 spiro atoms. The molecule has 4 aromatic rings. The summed E-state index contributed by atoms with van der Waals surface area (Å²) >= 11 is 3.47. The lowest BCUT2D eigenvalue weighted by molar-refractivity contribution is 0.0930. The number of anilines is 1. The van der Waals surface area contributed by atoms with Crippen molar-refractivity contribution < 1.29 is 9.53 Å².